The summed E-state index contributed by atoms with van der Waals surface area (Å²) in [4.78, 5) is 16.1. The minimum Gasteiger partial charge on any atom is -0.497 e. The number of ether oxygens (including phenoxy) is 2. The molecule has 0 aromatic heterocycles. The van der Waals surface area contributed by atoms with Crippen LogP contribution >= 0.6 is 0 Å². The van der Waals surface area contributed by atoms with Gasteiger partial charge in [0, 0.05) is 38.8 Å². The number of methoxy groups -OCH3 is 1. The van der Waals surface area contributed by atoms with E-state index in [9.17, 15) is 4.79 Å². The van der Waals surface area contributed by atoms with E-state index in [1.165, 1.54) is 0 Å². The zero-order chi connectivity index (χ0) is 16.7. The number of rotatable bonds is 6. The van der Waals surface area contributed by atoms with Crippen LogP contribution in [0, 0.1) is 0 Å². The third kappa shape index (κ3) is 5.63. The van der Waals surface area contributed by atoms with Gasteiger partial charge in [0.1, 0.15) is 18.1 Å². The van der Waals surface area contributed by atoms with Crippen molar-refractivity contribution in [2.24, 2.45) is 0 Å². The first-order chi connectivity index (χ1) is 11.1. The molecule has 0 radical (unpaired) electrons. The number of urea groups is 1. The molecule has 0 bridgehead atoms. The van der Waals surface area contributed by atoms with Gasteiger partial charge in [-0.2, -0.15) is 0 Å². The molecule has 2 amide bonds. The number of carbonyl (C=O) groups excluding carboxylic acids is 1. The van der Waals surface area contributed by atoms with Gasteiger partial charge in [-0.15, -0.1) is 0 Å². The maximum atomic E-state index is 11.9. The Hall–Kier alpha value is -1.95. The molecule has 0 saturated carbocycles. The lowest BCUT2D eigenvalue weighted by Crippen LogP contribution is -2.53. The average Bonchev–Trinajstić information content (AvgIpc) is 2.55. The summed E-state index contributed by atoms with van der Waals surface area (Å²) < 4.78 is 10.9. The first kappa shape index (κ1) is 17.4. The largest absolute Gasteiger partial charge is 0.497 e. The Bertz CT molecular complexity index is 482. The number of nitrogens with zero attached hydrogens (tertiary/aromatic N) is 2. The zero-order valence-corrected chi connectivity index (χ0v) is 14.2. The molecule has 0 spiro atoms. The van der Waals surface area contributed by atoms with Gasteiger partial charge in [-0.05, 0) is 38.1 Å². The van der Waals surface area contributed by atoms with Crippen molar-refractivity contribution in [1.29, 1.82) is 0 Å². The molecule has 0 unspecified atom stereocenters. The molecule has 1 heterocycles. The van der Waals surface area contributed by atoms with Gasteiger partial charge in [-0.3, -0.25) is 4.90 Å². The summed E-state index contributed by atoms with van der Waals surface area (Å²) in [7, 11) is 1.65. The van der Waals surface area contributed by atoms with Crippen LogP contribution in [0.3, 0.4) is 0 Å². The SMILES string of the molecule is COc1ccc(OCCN2CCN(C(=O)NC(C)C)CC2)cc1. The van der Waals surface area contributed by atoms with Crippen molar-refractivity contribution < 1.29 is 14.3 Å². The normalized spacial score (nSPS) is 15.6. The second-order valence-electron chi connectivity index (χ2n) is 5.96. The smallest absolute Gasteiger partial charge is 0.317 e. The second kappa shape index (κ2) is 8.62. The summed E-state index contributed by atoms with van der Waals surface area (Å²) in [6.07, 6.45) is 0. The van der Waals surface area contributed by atoms with Gasteiger partial charge in [0.25, 0.3) is 0 Å². The molecule has 1 aromatic carbocycles. The molecule has 0 atom stereocenters. The highest BCUT2D eigenvalue weighted by atomic mass is 16.5. The van der Waals surface area contributed by atoms with Gasteiger partial charge in [0.15, 0.2) is 0 Å². The van der Waals surface area contributed by atoms with Crippen LogP contribution in [0.5, 0.6) is 11.5 Å². The third-order valence-electron chi connectivity index (χ3n) is 3.81. The number of hydrogen-bond donors (Lipinski definition) is 1. The highest BCUT2D eigenvalue weighted by molar-refractivity contribution is 5.74. The Labute approximate surface area is 138 Å². The summed E-state index contributed by atoms with van der Waals surface area (Å²) in [6, 6.07) is 7.82. The molecular weight excluding hydrogens is 294 g/mol. The number of nitrogens with one attached hydrogen (secondary N) is 1. The summed E-state index contributed by atoms with van der Waals surface area (Å²) in [6.45, 7) is 8.77. The molecule has 1 N–H and O–H groups in total. The van der Waals surface area contributed by atoms with Crippen LogP contribution < -0.4 is 14.8 Å². The van der Waals surface area contributed by atoms with Crippen molar-refractivity contribution >= 4 is 6.03 Å². The molecule has 1 aliphatic rings. The Morgan fingerprint density at radius 2 is 1.74 bits per heavy atom. The molecule has 23 heavy (non-hydrogen) atoms. The lowest BCUT2D eigenvalue weighted by Gasteiger charge is -2.34. The van der Waals surface area contributed by atoms with Crippen molar-refractivity contribution in [3.05, 3.63) is 24.3 Å². The van der Waals surface area contributed by atoms with Gasteiger partial charge < -0.3 is 19.7 Å². The van der Waals surface area contributed by atoms with E-state index in [1.807, 2.05) is 43.0 Å². The minimum absolute atomic E-state index is 0.0362. The van der Waals surface area contributed by atoms with E-state index in [2.05, 4.69) is 10.2 Å². The molecule has 0 aliphatic carbocycles. The van der Waals surface area contributed by atoms with E-state index in [-0.39, 0.29) is 12.1 Å². The molecule has 6 nitrogen and oxygen atoms in total. The Balaban J connectivity index is 1.65. The predicted octanol–water partition coefficient (Wildman–Crippen LogP) is 1.81. The van der Waals surface area contributed by atoms with Crippen LogP contribution in [0.1, 0.15) is 13.8 Å². The molecule has 2 rings (SSSR count). The van der Waals surface area contributed by atoms with E-state index in [4.69, 9.17) is 9.47 Å². The van der Waals surface area contributed by atoms with Crippen LogP contribution in [0.15, 0.2) is 24.3 Å². The van der Waals surface area contributed by atoms with Crippen molar-refractivity contribution in [2.75, 3.05) is 46.4 Å². The van der Waals surface area contributed by atoms with E-state index in [1.54, 1.807) is 7.11 Å². The molecule has 1 saturated heterocycles. The van der Waals surface area contributed by atoms with Gasteiger partial charge in [-0.25, -0.2) is 4.79 Å². The quantitative estimate of drug-likeness (QED) is 0.868. The highest BCUT2D eigenvalue weighted by Crippen LogP contribution is 2.16. The summed E-state index contributed by atoms with van der Waals surface area (Å²) in [5.74, 6) is 1.67. The lowest BCUT2D eigenvalue weighted by atomic mass is 10.3. The fourth-order valence-corrected chi connectivity index (χ4v) is 2.48. The van der Waals surface area contributed by atoms with Gasteiger partial charge in [-0.1, -0.05) is 0 Å². The molecule has 128 valence electrons. The van der Waals surface area contributed by atoms with Gasteiger partial charge in [0.2, 0.25) is 0 Å². The molecular formula is C17H27N3O3. The first-order valence-corrected chi connectivity index (χ1v) is 8.13. The van der Waals surface area contributed by atoms with Crippen LogP contribution in [-0.4, -0.2) is 68.3 Å². The zero-order valence-electron chi connectivity index (χ0n) is 14.2. The number of carbonyl (C=O) groups is 1. The van der Waals surface area contributed by atoms with Crippen LogP contribution in [0.25, 0.3) is 0 Å². The fraction of sp³-hybridized carbons (Fsp3) is 0.588. The molecule has 1 aromatic rings. The first-order valence-electron chi connectivity index (χ1n) is 8.13. The fourth-order valence-electron chi connectivity index (χ4n) is 2.48. The van der Waals surface area contributed by atoms with E-state index < -0.39 is 0 Å². The van der Waals surface area contributed by atoms with Crippen LogP contribution in [0.4, 0.5) is 4.79 Å². The average molecular weight is 321 g/mol. The topological polar surface area (TPSA) is 54.0 Å². The summed E-state index contributed by atoms with van der Waals surface area (Å²) in [5, 5.41) is 2.93. The van der Waals surface area contributed by atoms with Crippen molar-refractivity contribution in [1.82, 2.24) is 15.1 Å². The Morgan fingerprint density at radius 3 is 2.30 bits per heavy atom. The van der Waals surface area contributed by atoms with Crippen molar-refractivity contribution in [3.63, 3.8) is 0 Å². The van der Waals surface area contributed by atoms with E-state index >= 15 is 0 Å². The molecule has 1 aliphatic heterocycles. The molecule has 6 heteroatoms. The van der Waals surface area contributed by atoms with E-state index in [0.29, 0.717) is 6.61 Å². The highest BCUT2D eigenvalue weighted by Gasteiger charge is 2.21. The Morgan fingerprint density at radius 1 is 1.13 bits per heavy atom. The molecule has 1 fully saturated rings. The van der Waals surface area contributed by atoms with E-state index in [0.717, 1.165) is 44.2 Å². The predicted molar refractivity (Wildman–Crippen MR) is 90.2 cm³/mol. The number of amides is 2. The maximum absolute atomic E-state index is 11.9. The monoisotopic (exact) mass is 321 g/mol. The standard InChI is InChI=1S/C17H27N3O3/c1-14(2)18-17(21)20-10-8-19(9-11-20)12-13-23-16-6-4-15(22-3)5-7-16/h4-7,14H,8-13H2,1-3H3,(H,18,21). The Kier molecular flexibility index (Phi) is 6.52. The number of piperazine rings is 1. The van der Waals surface area contributed by atoms with Gasteiger partial charge >= 0.3 is 6.03 Å². The maximum Gasteiger partial charge on any atom is 0.317 e. The van der Waals surface area contributed by atoms with Gasteiger partial charge in [0.05, 0.1) is 7.11 Å². The minimum atomic E-state index is 0.0362. The summed E-state index contributed by atoms with van der Waals surface area (Å²) in [5.41, 5.74) is 0. The van der Waals surface area contributed by atoms with Crippen molar-refractivity contribution in [3.8, 4) is 11.5 Å². The van der Waals surface area contributed by atoms with Crippen molar-refractivity contribution in [2.45, 2.75) is 19.9 Å². The number of hydrogen-bond acceptors (Lipinski definition) is 4. The number of benzene rings is 1. The third-order valence-corrected chi connectivity index (χ3v) is 3.81. The van der Waals surface area contributed by atoms with Crippen LogP contribution in [0.2, 0.25) is 0 Å². The second-order valence-corrected chi connectivity index (χ2v) is 5.96. The summed E-state index contributed by atoms with van der Waals surface area (Å²) >= 11 is 0. The van der Waals surface area contributed by atoms with Crippen LogP contribution in [-0.2, 0) is 0 Å². The lowest BCUT2D eigenvalue weighted by molar-refractivity contribution is 0.125.